The van der Waals surface area contributed by atoms with Crippen LogP contribution in [0.4, 0.5) is 0 Å². The minimum Gasteiger partial charge on any atom is -0.314 e. The normalized spacial score (nSPS) is 34.9. The van der Waals surface area contributed by atoms with E-state index in [0.717, 1.165) is 17.9 Å². The third kappa shape index (κ3) is 3.21. The van der Waals surface area contributed by atoms with Crippen LogP contribution in [0.2, 0.25) is 0 Å². The van der Waals surface area contributed by atoms with Crippen LogP contribution < -0.4 is 5.32 Å². The summed E-state index contributed by atoms with van der Waals surface area (Å²) in [6.07, 6.45) is 5.72. The first-order valence-electron chi connectivity index (χ1n) is 7.18. The SMILES string of the molecule is CCCC1CC1N1CCC(CNC(C)C)C1. The Balaban J connectivity index is 1.65. The van der Waals surface area contributed by atoms with Crippen molar-refractivity contribution < 1.29 is 0 Å². The fraction of sp³-hybridized carbons (Fsp3) is 1.00. The molecule has 1 heterocycles. The molecule has 2 fully saturated rings. The van der Waals surface area contributed by atoms with E-state index in [1.54, 1.807) is 0 Å². The minimum atomic E-state index is 0.641. The van der Waals surface area contributed by atoms with Gasteiger partial charge in [0.25, 0.3) is 0 Å². The van der Waals surface area contributed by atoms with Gasteiger partial charge in [-0.3, -0.25) is 4.90 Å². The summed E-state index contributed by atoms with van der Waals surface area (Å²) in [5.74, 6) is 1.95. The van der Waals surface area contributed by atoms with E-state index in [1.165, 1.54) is 45.3 Å². The summed E-state index contributed by atoms with van der Waals surface area (Å²) in [5, 5.41) is 3.58. The van der Waals surface area contributed by atoms with Crippen LogP contribution in [0.3, 0.4) is 0 Å². The molecule has 0 bridgehead atoms. The van der Waals surface area contributed by atoms with Crippen LogP contribution in [0, 0.1) is 11.8 Å². The lowest BCUT2D eigenvalue weighted by molar-refractivity contribution is 0.293. The Labute approximate surface area is 101 Å². The van der Waals surface area contributed by atoms with Crippen LogP contribution in [-0.2, 0) is 0 Å². The molecule has 3 atom stereocenters. The molecule has 3 unspecified atom stereocenters. The van der Waals surface area contributed by atoms with Gasteiger partial charge in [-0.15, -0.1) is 0 Å². The van der Waals surface area contributed by atoms with Gasteiger partial charge in [-0.2, -0.15) is 0 Å². The molecule has 0 aromatic rings. The molecule has 2 nitrogen and oxygen atoms in total. The third-order valence-electron chi connectivity index (χ3n) is 4.15. The van der Waals surface area contributed by atoms with Gasteiger partial charge in [0.15, 0.2) is 0 Å². The summed E-state index contributed by atoms with van der Waals surface area (Å²) in [4.78, 5) is 2.76. The predicted octanol–water partition coefficient (Wildman–Crippen LogP) is 2.49. The second-order valence-electron chi connectivity index (χ2n) is 6.06. The van der Waals surface area contributed by atoms with Crippen LogP contribution in [0.15, 0.2) is 0 Å². The van der Waals surface area contributed by atoms with Crippen molar-refractivity contribution in [2.75, 3.05) is 19.6 Å². The van der Waals surface area contributed by atoms with Gasteiger partial charge in [0.1, 0.15) is 0 Å². The topological polar surface area (TPSA) is 15.3 Å². The summed E-state index contributed by atoms with van der Waals surface area (Å²) in [6, 6.07) is 1.60. The summed E-state index contributed by atoms with van der Waals surface area (Å²) in [7, 11) is 0. The Kier molecular flexibility index (Phi) is 4.26. The van der Waals surface area contributed by atoms with Gasteiger partial charge in [0, 0.05) is 18.6 Å². The van der Waals surface area contributed by atoms with Crippen LogP contribution in [0.25, 0.3) is 0 Å². The number of likely N-dealkylation sites (tertiary alicyclic amines) is 1. The summed E-state index contributed by atoms with van der Waals surface area (Å²) < 4.78 is 0. The van der Waals surface area contributed by atoms with E-state index in [4.69, 9.17) is 0 Å². The molecule has 0 aromatic heterocycles. The second-order valence-corrected chi connectivity index (χ2v) is 6.06. The fourth-order valence-corrected chi connectivity index (χ4v) is 3.09. The molecule has 2 rings (SSSR count). The molecule has 0 radical (unpaired) electrons. The zero-order valence-corrected chi connectivity index (χ0v) is 11.2. The van der Waals surface area contributed by atoms with E-state index in [0.29, 0.717) is 6.04 Å². The van der Waals surface area contributed by atoms with Crippen molar-refractivity contribution in [1.82, 2.24) is 10.2 Å². The Morgan fingerprint density at radius 1 is 1.38 bits per heavy atom. The molecule has 0 spiro atoms. The van der Waals surface area contributed by atoms with Crippen molar-refractivity contribution in [3.8, 4) is 0 Å². The summed E-state index contributed by atoms with van der Waals surface area (Å²) in [6.45, 7) is 10.7. The van der Waals surface area contributed by atoms with Gasteiger partial charge >= 0.3 is 0 Å². The maximum atomic E-state index is 3.58. The first-order valence-corrected chi connectivity index (χ1v) is 7.18. The monoisotopic (exact) mass is 224 g/mol. The van der Waals surface area contributed by atoms with Crippen LogP contribution in [0.1, 0.15) is 46.5 Å². The predicted molar refractivity (Wildman–Crippen MR) is 69.6 cm³/mol. The molecule has 2 aliphatic rings. The molecule has 0 aromatic carbocycles. The van der Waals surface area contributed by atoms with Gasteiger partial charge in [-0.05, 0) is 44.2 Å². The molecular formula is C14H28N2. The van der Waals surface area contributed by atoms with Crippen molar-refractivity contribution in [3.05, 3.63) is 0 Å². The maximum absolute atomic E-state index is 3.58. The molecule has 2 heteroatoms. The third-order valence-corrected chi connectivity index (χ3v) is 4.15. The molecule has 0 amide bonds. The number of rotatable bonds is 6. The van der Waals surface area contributed by atoms with E-state index in [9.17, 15) is 0 Å². The van der Waals surface area contributed by atoms with E-state index < -0.39 is 0 Å². The maximum Gasteiger partial charge on any atom is 0.0127 e. The zero-order valence-electron chi connectivity index (χ0n) is 11.2. The molecule has 16 heavy (non-hydrogen) atoms. The number of hydrogen-bond acceptors (Lipinski definition) is 2. The molecule has 94 valence electrons. The molecule has 1 aliphatic carbocycles. The van der Waals surface area contributed by atoms with E-state index in [2.05, 4.69) is 31.0 Å². The lowest BCUT2D eigenvalue weighted by Gasteiger charge is -2.17. The first-order chi connectivity index (χ1) is 7.70. The standard InChI is InChI=1S/C14H28N2/c1-4-5-13-8-14(13)16-7-6-12(10-16)9-15-11(2)3/h11-15H,4-10H2,1-3H3. The lowest BCUT2D eigenvalue weighted by atomic mass is 10.1. The van der Waals surface area contributed by atoms with Gasteiger partial charge in [-0.25, -0.2) is 0 Å². The highest BCUT2D eigenvalue weighted by Gasteiger charge is 2.42. The second kappa shape index (κ2) is 5.50. The van der Waals surface area contributed by atoms with Gasteiger partial charge in [0.2, 0.25) is 0 Å². The Bertz CT molecular complexity index is 215. The van der Waals surface area contributed by atoms with Gasteiger partial charge < -0.3 is 5.32 Å². The summed E-state index contributed by atoms with van der Waals surface area (Å²) >= 11 is 0. The van der Waals surface area contributed by atoms with Gasteiger partial charge in [0.05, 0.1) is 0 Å². The van der Waals surface area contributed by atoms with E-state index >= 15 is 0 Å². The lowest BCUT2D eigenvalue weighted by Crippen LogP contribution is -2.31. The molecule has 1 saturated carbocycles. The number of nitrogens with zero attached hydrogens (tertiary/aromatic N) is 1. The van der Waals surface area contributed by atoms with Crippen molar-refractivity contribution in [1.29, 1.82) is 0 Å². The van der Waals surface area contributed by atoms with Crippen molar-refractivity contribution in [3.63, 3.8) is 0 Å². The molecular weight excluding hydrogens is 196 g/mol. The van der Waals surface area contributed by atoms with Crippen molar-refractivity contribution in [2.45, 2.75) is 58.5 Å². The minimum absolute atomic E-state index is 0.641. The molecule has 1 aliphatic heterocycles. The van der Waals surface area contributed by atoms with Crippen LogP contribution >= 0.6 is 0 Å². The Morgan fingerprint density at radius 3 is 2.88 bits per heavy atom. The molecule has 1 N–H and O–H groups in total. The highest BCUT2D eigenvalue weighted by Crippen LogP contribution is 2.41. The highest BCUT2D eigenvalue weighted by atomic mass is 15.2. The quantitative estimate of drug-likeness (QED) is 0.746. The van der Waals surface area contributed by atoms with Crippen LogP contribution in [-0.4, -0.2) is 36.6 Å². The smallest absolute Gasteiger partial charge is 0.0127 e. The van der Waals surface area contributed by atoms with E-state index in [1.807, 2.05) is 0 Å². The Morgan fingerprint density at radius 2 is 2.19 bits per heavy atom. The van der Waals surface area contributed by atoms with Crippen molar-refractivity contribution >= 4 is 0 Å². The van der Waals surface area contributed by atoms with E-state index in [-0.39, 0.29) is 0 Å². The number of nitrogens with one attached hydrogen (secondary N) is 1. The largest absolute Gasteiger partial charge is 0.314 e. The fourth-order valence-electron chi connectivity index (χ4n) is 3.09. The van der Waals surface area contributed by atoms with Crippen LogP contribution in [0.5, 0.6) is 0 Å². The Hall–Kier alpha value is -0.0800. The van der Waals surface area contributed by atoms with Gasteiger partial charge in [-0.1, -0.05) is 27.2 Å². The summed E-state index contributed by atoms with van der Waals surface area (Å²) in [5.41, 5.74) is 0. The molecule has 1 saturated heterocycles. The first kappa shape index (κ1) is 12.4. The average Bonchev–Trinajstić information content (AvgIpc) is 2.85. The number of hydrogen-bond donors (Lipinski definition) is 1. The average molecular weight is 224 g/mol. The van der Waals surface area contributed by atoms with Crippen molar-refractivity contribution in [2.24, 2.45) is 11.8 Å². The zero-order chi connectivity index (χ0) is 11.5. The highest BCUT2D eigenvalue weighted by molar-refractivity contribution is 4.97.